The molecule has 0 amide bonds. The van der Waals surface area contributed by atoms with E-state index in [1.54, 1.807) is 19.1 Å². The van der Waals surface area contributed by atoms with Crippen molar-refractivity contribution < 1.29 is 9.13 Å². The van der Waals surface area contributed by atoms with Crippen molar-refractivity contribution >= 4 is 17.3 Å². The van der Waals surface area contributed by atoms with Crippen LogP contribution in [0.1, 0.15) is 18.3 Å². The van der Waals surface area contributed by atoms with Crippen LogP contribution >= 0.6 is 0 Å². The third-order valence-corrected chi connectivity index (χ3v) is 2.97. The summed E-state index contributed by atoms with van der Waals surface area (Å²) < 4.78 is 18.9. The molecule has 0 atom stereocenters. The summed E-state index contributed by atoms with van der Waals surface area (Å²) in [5.74, 6) is 1.67. The lowest BCUT2D eigenvalue weighted by atomic mass is 10.2. The summed E-state index contributed by atoms with van der Waals surface area (Å²) in [6.07, 6.45) is 0.653. The Hall–Kier alpha value is -2.37. The van der Waals surface area contributed by atoms with E-state index >= 15 is 0 Å². The lowest BCUT2D eigenvalue weighted by Crippen LogP contribution is -2.07. The number of rotatable bonds is 4. The highest BCUT2D eigenvalue weighted by Crippen LogP contribution is 2.26. The van der Waals surface area contributed by atoms with Gasteiger partial charge >= 0.3 is 0 Å². The lowest BCUT2D eigenvalue weighted by Gasteiger charge is -2.13. The predicted octanol–water partition coefficient (Wildman–Crippen LogP) is 2.82. The van der Waals surface area contributed by atoms with Gasteiger partial charge < -0.3 is 15.8 Å². The molecule has 0 bridgehead atoms. The number of benzene rings is 1. The van der Waals surface area contributed by atoms with Crippen LogP contribution in [0.4, 0.5) is 21.7 Å². The van der Waals surface area contributed by atoms with Gasteiger partial charge in [-0.15, -0.1) is 0 Å². The van der Waals surface area contributed by atoms with Crippen LogP contribution in [-0.2, 0) is 6.42 Å². The number of anilines is 3. The molecule has 0 saturated carbocycles. The summed E-state index contributed by atoms with van der Waals surface area (Å²) in [6, 6.07) is 4.46. The molecule has 106 valence electrons. The van der Waals surface area contributed by atoms with Crippen molar-refractivity contribution in [1.82, 2.24) is 9.97 Å². The van der Waals surface area contributed by atoms with Crippen molar-refractivity contribution in [2.24, 2.45) is 0 Å². The molecular formula is C14H17FN4O. The van der Waals surface area contributed by atoms with Crippen molar-refractivity contribution in [3.8, 4) is 5.75 Å². The molecule has 3 N–H and O–H groups in total. The topological polar surface area (TPSA) is 73.1 Å². The number of nitrogen functional groups attached to an aromatic ring is 1. The standard InChI is InChI=1S/C14H17FN4O/c1-4-12-18-13(16)8(2)14(19-12)17-11-7-9(20-3)5-6-10(11)15/h5-7H,4H2,1-3H3,(H3,16,17,18,19). The zero-order valence-electron chi connectivity index (χ0n) is 11.7. The Kier molecular flexibility index (Phi) is 4.02. The van der Waals surface area contributed by atoms with Gasteiger partial charge in [0.05, 0.1) is 12.8 Å². The quantitative estimate of drug-likeness (QED) is 0.898. The average Bonchev–Trinajstić information content (AvgIpc) is 2.45. The van der Waals surface area contributed by atoms with E-state index in [4.69, 9.17) is 10.5 Å². The normalized spacial score (nSPS) is 10.4. The number of aromatic nitrogens is 2. The Morgan fingerprint density at radius 1 is 1.35 bits per heavy atom. The zero-order chi connectivity index (χ0) is 14.7. The number of hydrogen-bond donors (Lipinski definition) is 2. The molecule has 1 aromatic carbocycles. The van der Waals surface area contributed by atoms with Crippen molar-refractivity contribution in [2.75, 3.05) is 18.2 Å². The monoisotopic (exact) mass is 276 g/mol. The van der Waals surface area contributed by atoms with E-state index in [9.17, 15) is 4.39 Å². The number of nitrogens with zero attached hydrogens (tertiary/aromatic N) is 2. The molecule has 0 aliphatic carbocycles. The number of hydrogen-bond acceptors (Lipinski definition) is 5. The summed E-state index contributed by atoms with van der Waals surface area (Å²) in [6.45, 7) is 3.72. The smallest absolute Gasteiger partial charge is 0.146 e. The summed E-state index contributed by atoms with van der Waals surface area (Å²) in [5.41, 5.74) is 6.80. The van der Waals surface area contributed by atoms with E-state index in [0.717, 1.165) is 0 Å². The van der Waals surface area contributed by atoms with E-state index in [1.807, 2.05) is 6.92 Å². The molecule has 0 fully saturated rings. The van der Waals surface area contributed by atoms with Crippen LogP contribution < -0.4 is 15.8 Å². The van der Waals surface area contributed by atoms with Crippen LogP contribution in [-0.4, -0.2) is 17.1 Å². The first-order chi connectivity index (χ1) is 9.55. The summed E-state index contributed by atoms with van der Waals surface area (Å²) in [7, 11) is 1.53. The van der Waals surface area contributed by atoms with Crippen LogP contribution in [0.15, 0.2) is 18.2 Å². The second-order valence-corrected chi connectivity index (χ2v) is 4.32. The Morgan fingerprint density at radius 2 is 2.10 bits per heavy atom. The third kappa shape index (κ3) is 2.79. The number of nitrogens with one attached hydrogen (secondary N) is 1. The minimum Gasteiger partial charge on any atom is -0.497 e. The van der Waals surface area contributed by atoms with Gasteiger partial charge in [0, 0.05) is 18.1 Å². The van der Waals surface area contributed by atoms with Crippen molar-refractivity contribution in [3.05, 3.63) is 35.4 Å². The van der Waals surface area contributed by atoms with E-state index in [-0.39, 0.29) is 11.5 Å². The third-order valence-electron chi connectivity index (χ3n) is 2.97. The number of halogens is 1. The molecule has 0 radical (unpaired) electrons. The van der Waals surface area contributed by atoms with Crippen LogP contribution in [0, 0.1) is 12.7 Å². The first-order valence-electron chi connectivity index (χ1n) is 6.28. The Labute approximate surface area is 117 Å². The highest BCUT2D eigenvalue weighted by molar-refractivity contribution is 5.65. The molecule has 0 spiro atoms. The van der Waals surface area contributed by atoms with Crippen molar-refractivity contribution in [3.63, 3.8) is 0 Å². The van der Waals surface area contributed by atoms with Gasteiger partial charge in [-0.3, -0.25) is 0 Å². The Bertz CT molecular complexity index is 631. The molecule has 0 aliphatic heterocycles. The van der Waals surface area contributed by atoms with Crippen LogP contribution in [0.25, 0.3) is 0 Å². The van der Waals surface area contributed by atoms with Gasteiger partial charge in [0.25, 0.3) is 0 Å². The van der Waals surface area contributed by atoms with Crippen LogP contribution in [0.5, 0.6) is 5.75 Å². The largest absolute Gasteiger partial charge is 0.497 e. The molecule has 1 heterocycles. The maximum atomic E-state index is 13.8. The summed E-state index contributed by atoms with van der Waals surface area (Å²) in [4.78, 5) is 8.49. The van der Waals surface area contributed by atoms with Gasteiger partial charge in [-0.25, -0.2) is 14.4 Å². The van der Waals surface area contributed by atoms with Gasteiger partial charge in [0.2, 0.25) is 0 Å². The molecule has 1 aromatic heterocycles. The first-order valence-corrected chi connectivity index (χ1v) is 6.28. The fourth-order valence-corrected chi connectivity index (χ4v) is 1.72. The van der Waals surface area contributed by atoms with E-state index < -0.39 is 0 Å². The molecule has 0 saturated heterocycles. The Morgan fingerprint density at radius 3 is 2.75 bits per heavy atom. The van der Waals surface area contributed by atoms with E-state index in [0.29, 0.717) is 35.2 Å². The zero-order valence-corrected chi connectivity index (χ0v) is 11.7. The maximum absolute atomic E-state index is 13.8. The van der Waals surface area contributed by atoms with Gasteiger partial charge in [0.1, 0.15) is 29.0 Å². The number of aryl methyl sites for hydroxylation is 1. The van der Waals surface area contributed by atoms with Gasteiger partial charge in [0.15, 0.2) is 0 Å². The van der Waals surface area contributed by atoms with Gasteiger partial charge in [-0.05, 0) is 19.1 Å². The van der Waals surface area contributed by atoms with E-state index in [1.165, 1.54) is 13.2 Å². The molecule has 6 heteroatoms. The predicted molar refractivity (Wildman–Crippen MR) is 76.8 cm³/mol. The lowest BCUT2D eigenvalue weighted by molar-refractivity contribution is 0.414. The van der Waals surface area contributed by atoms with Gasteiger partial charge in [-0.2, -0.15) is 0 Å². The second kappa shape index (κ2) is 5.73. The molecule has 0 unspecified atom stereocenters. The SMILES string of the molecule is CCc1nc(N)c(C)c(Nc2cc(OC)ccc2F)n1. The van der Waals surface area contributed by atoms with Crippen molar-refractivity contribution in [1.29, 1.82) is 0 Å². The minimum absolute atomic E-state index is 0.285. The highest BCUT2D eigenvalue weighted by atomic mass is 19.1. The molecule has 2 rings (SSSR count). The maximum Gasteiger partial charge on any atom is 0.146 e. The fraction of sp³-hybridized carbons (Fsp3) is 0.286. The first kappa shape index (κ1) is 14.0. The summed E-state index contributed by atoms with van der Waals surface area (Å²) in [5, 5.41) is 2.94. The van der Waals surface area contributed by atoms with Crippen LogP contribution in [0.3, 0.4) is 0 Å². The highest BCUT2D eigenvalue weighted by Gasteiger charge is 2.11. The number of ether oxygens (including phenoxy) is 1. The van der Waals surface area contributed by atoms with Gasteiger partial charge in [-0.1, -0.05) is 6.92 Å². The fourth-order valence-electron chi connectivity index (χ4n) is 1.72. The minimum atomic E-state index is -0.388. The molecular weight excluding hydrogens is 259 g/mol. The average molecular weight is 276 g/mol. The summed E-state index contributed by atoms with van der Waals surface area (Å²) >= 11 is 0. The molecule has 5 nitrogen and oxygen atoms in total. The number of methoxy groups -OCH3 is 1. The van der Waals surface area contributed by atoms with Crippen LogP contribution in [0.2, 0.25) is 0 Å². The molecule has 2 aromatic rings. The number of nitrogens with two attached hydrogens (primary N) is 1. The Balaban J connectivity index is 2.41. The molecule has 0 aliphatic rings. The molecule has 20 heavy (non-hydrogen) atoms. The van der Waals surface area contributed by atoms with E-state index in [2.05, 4.69) is 15.3 Å². The second-order valence-electron chi connectivity index (χ2n) is 4.32. The van der Waals surface area contributed by atoms with Crippen molar-refractivity contribution in [2.45, 2.75) is 20.3 Å².